The third kappa shape index (κ3) is 1.95. The highest BCUT2D eigenvalue weighted by atomic mass is 16.7. The van der Waals surface area contributed by atoms with E-state index >= 15 is 0 Å². The van der Waals surface area contributed by atoms with Crippen molar-refractivity contribution in [1.29, 1.82) is 0 Å². The Bertz CT molecular complexity index is 130. The molecule has 2 N–H and O–H groups in total. The summed E-state index contributed by atoms with van der Waals surface area (Å²) >= 11 is 0. The second-order valence-corrected chi connectivity index (χ2v) is 3.11. The van der Waals surface area contributed by atoms with Crippen molar-refractivity contribution in [2.75, 3.05) is 14.2 Å². The second kappa shape index (κ2) is 4.18. The fraction of sp³-hybridized carbons (Fsp3) is 1.00. The molecule has 1 aliphatic rings. The average Bonchev–Trinajstić information content (AvgIpc) is 2.03. The minimum Gasteiger partial charge on any atom is -0.377 e. The first-order valence-corrected chi connectivity index (χ1v) is 4.15. The van der Waals surface area contributed by atoms with Crippen LogP contribution in [0.25, 0.3) is 0 Å². The van der Waals surface area contributed by atoms with Gasteiger partial charge in [-0.05, 0) is 6.92 Å². The van der Waals surface area contributed by atoms with E-state index in [9.17, 15) is 0 Å². The Morgan fingerprint density at radius 3 is 2.42 bits per heavy atom. The average molecular weight is 175 g/mol. The summed E-state index contributed by atoms with van der Waals surface area (Å²) in [5.74, 6) is 0. The van der Waals surface area contributed by atoms with E-state index in [1.54, 1.807) is 14.2 Å². The van der Waals surface area contributed by atoms with Gasteiger partial charge in [0, 0.05) is 26.7 Å². The van der Waals surface area contributed by atoms with Gasteiger partial charge in [0.1, 0.15) is 0 Å². The van der Waals surface area contributed by atoms with E-state index in [4.69, 9.17) is 19.9 Å². The predicted octanol–water partition coefficient (Wildman–Crippen LogP) is 0.110. The molecule has 0 saturated carbocycles. The number of nitrogens with two attached hydrogens (primary N) is 1. The molecule has 0 aromatic rings. The molecule has 0 radical (unpaired) electrons. The first-order chi connectivity index (χ1) is 5.69. The van der Waals surface area contributed by atoms with Gasteiger partial charge in [-0.2, -0.15) is 0 Å². The van der Waals surface area contributed by atoms with E-state index in [1.807, 2.05) is 6.92 Å². The van der Waals surface area contributed by atoms with Crippen LogP contribution in [0, 0.1) is 0 Å². The number of rotatable bonds is 2. The zero-order chi connectivity index (χ0) is 9.14. The molecule has 0 amide bonds. The predicted molar refractivity (Wildman–Crippen MR) is 44.7 cm³/mol. The van der Waals surface area contributed by atoms with Crippen molar-refractivity contribution in [1.82, 2.24) is 0 Å². The van der Waals surface area contributed by atoms with Crippen molar-refractivity contribution in [3.63, 3.8) is 0 Å². The zero-order valence-electron chi connectivity index (χ0n) is 7.82. The molecule has 0 aromatic heterocycles. The zero-order valence-corrected chi connectivity index (χ0v) is 7.82. The summed E-state index contributed by atoms with van der Waals surface area (Å²) in [6, 6.07) is 0.00343. The quantitative estimate of drug-likeness (QED) is 0.647. The molecular formula is C8H17NO3. The van der Waals surface area contributed by atoms with Crippen LogP contribution in [-0.2, 0) is 14.2 Å². The molecule has 1 aliphatic heterocycles. The van der Waals surface area contributed by atoms with Crippen LogP contribution in [-0.4, -0.2) is 38.8 Å². The highest BCUT2D eigenvalue weighted by Crippen LogP contribution is 2.20. The SMILES string of the molecule is CO[C@@H]1C[C@@H](N)[C@H](OC)[C@@H](C)O1. The number of hydrogen-bond donors (Lipinski definition) is 1. The highest BCUT2D eigenvalue weighted by molar-refractivity contribution is 4.84. The molecule has 0 aromatic carbocycles. The molecule has 1 saturated heterocycles. The van der Waals surface area contributed by atoms with E-state index in [0.717, 1.165) is 0 Å². The van der Waals surface area contributed by atoms with Crippen LogP contribution in [0.3, 0.4) is 0 Å². The van der Waals surface area contributed by atoms with Gasteiger partial charge in [-0.25, -0.2) is 0 Å². The molecule has 4 atom stereocenters. The Morgan fingerprint density at radius 2 is 2.00 bits per heavy atom. The molecule has 1 rings (SSSR count). The monoisotopic (exact) mass is 175 g/mol. The summed E-state index contributed by atoms with van der Waals surface area (Å²) in [5, 5.41) is 0. The smallest absolute Gasteiger partial charge is 0.159 e. The van der Waals surface area contributed by atoms with Crippen molar-refractivity contribution >= 4 is 0 Å². The second-order valence-electron chi connectivity index (χ2n) is 3.11. The van der Waals surface area contributed by atoms with Crippen LogP contribution < -0.4 is 5.73 Å². The molecular weight excluding hydrogens is 158 g/mol. The lowest BCUT2D eigenvalue weighted by Gasteiger charge is -2.37. The maximum atomic E-state index is 5.86. The summed E-state index contributed by atoms with van der Waals surface area (Å²) in [6.07, 6.45) is 0.501. The van der Waals surface area contributed by atoms with Crippen LogP contribution in [0.4, 0.5) is 0 Å². The van der Waals surface area contributed by atoms with Crippen molar-refractivity contribution in [2.45, 2.75) is 37.9 Å². The van der Waals surface area contributed by atoms with E-state index in [-0.39, 0.29) is 24.5 Å². The number of methoxy groups -OCH3 is 2. The molecule has 0 spiro atoms. The fourth-order valence-electron chi connectivity index (χ4n) is 1.60. The summed E-state index contributed by atoms with van der Waals surface area (Å²) in [4.78, 5) is 0. The summed E-state index contributed by atoms with van der Waals surface area (Å²) in [6.45, 7) is 1.94. The Hall–Kier alpha value is -0.160. The summed E-state index contributed by atoms with van der Waals surface area (Å²) in [7, 11) is 3.27. The fourth-order valence-corrected chi connectivity index (χ4v) is 1.60. The molecule has 0 unspecified atom stereocenters. The largest absolute Gasteiger partial charge is 0.377 e. The Morgan fingerprint density at radius 1 is 1.33 bits per heavy atom. The highest BCUT2D eigenvalue weighted by Gasteiger charge is 2.34. The third-order valence-electron chi connectivity index (χ3n) is 2.25. The molecule has 12 heavy (non-hydrogen) atoms. The maximum Gasteiger partial charge on any atom is 0.159 e. The number of ether oxygens (including phenoxy) is 3. The summed E-state index contributed by atoms with van der Waals surface area (Å²) in [5.41, 5.74) is 5.86. The van der Waals surface area contributed by atoms with E-state index in [1.165, 1.54) is 0 Å². The molecule has 1 heterocycles. The maximum absolute atomic E-state index is 5.86. The lowest BCUT2D eigenvalue weighted by Crippen LogP contribution is -2.52. The van der Waals surface area contributed by atoms with Crippen molar-refractivity contribution < 1.29 is 14.2 Å². The van der Waals surface area contributed by atoms with E-state index in [2.05, 4.69) is 0 Å². The molecule has 4 heteroatoms. The topological polar surface area (TPSA) is 53.7 Å². The van der Waals surface area contributed by atoms with Gasteiger partial charge < -0.3 is 19.9 Å². The van der Waals surface area contributed by atoms with Gasteiger partial charge in [-0.1, -0.05) is 0 Å². The Labute approximate surface area is 73.0 Å². The van der Waals surface area contributed by atoms with Crippen molar-refractivity contribution in [3.05, 3.63) is 0 Å². The Kier molecular flexibility index (Phi) is 3.46. The van der Waals surface area contributed by atoms with Gasteiger partial charge >= 0.3 is 0 Å². The minimum atomic E-state index is -0.179. The lowest BCUT2D eigenvalue weighted by molar-refractivity contribution is -0.216. The Balaban J connectivity index is 2.51. The first kappa shape index (κ1) is 9.92. The van der Waals surface area contributed by atoms with Crippen LogP contribution in [0.1, 0.15) is 13.3 Å². The first-order valence-electron chi connectivity index (χ1n) is 4.15. The van der Waals surface area contributed by atoms with Crippen molar-refractivity contribution in [3.8, 4) is 0 Å². The van der Waals surface area contributed by atoms with Gasteiger partial charge in [0.25, 0.3) is 0 Å². The lowest BCUT2D eigenvalue weighted by atomic mass is 10.0. The van der Waals surface area contributed by atoms with Crippen molar-refractivity contribution in [2.24, 2.45) is 5.73 Å². The third-order valence-corrected chi connectivity index (χ3v) is 2.25. The van der Waals surface area contributed by atoms with Gasteiger partial charge in [-0.15, -0.1) is 0 Å². The molecule has 4 nitrogen and oxygen atoms in total. The number of hydrogen-bond acceptors (Lipinski definition) is 4. The van der Waals surface area contributed by atoms with Gasteiger partial charge in [-0.3, -0.25) is 0 Å². The van der Waals surface area contributed by atoms with Crippen LogP contribution >= 0.6 is 0 Å². The van der Waals surface area contributed by atoms with Gasteiger partial charge in [0.05, 0.1) is 12.2 Å². The van der Waals surface area contributed by atoms with Gasteiger partial charge in [0.15, 0.2) is 6.29 Å². The standard InChI is InChI=1S/C8H17NO3/c1-5-8(11-3)6(9)4-7(10-2)12-5/h5-8H,4,9H2,1-3H3/t5-,6-,7+,8-/m1/s1. The normalized spacial score (nSPS) is 43.0. The van der Waals surface area contributed by atoms with Crippen LogP contribution in [0.15, 0.2) is 0 Å². The molecule has 0 aliphatic carbocycles. The summed E-state index contributed by atoms with van der Waals surface area (Å²) < 4.78 is 15.8. The van der Waals surface area contributed by atoms with E-state index in [0.29, 0.717) is 6.42 Å². The van der Waals surface area contributed by atoms with Gasteiger partial charge in [0.2, 0.25) is 0 Å². The molecule has 0 bridgehead atoms. The van der Waals surface area contributed by atoms with Crippen LogP contribution in [0.5, 0.6) is 0 Å². The molecule has 72 valence electrons. The van der Waals surface area contributed by atoms with Crippen LogP contribution in [0.2, 0.25) is 0 Å². The minimum absolute atomic E-state index is 0.00343. The van der Waals surface area contributed by atoms with E-state index < -0.39 is 0 Å². The molecule has 1 fully saturated rings.